The van der Waals surface area contributed by atoms with Gasteiger partial charge in [-0.25, -0.2) is 0 Å². The molecule has 0 saturated carbocycles. The molecule has 9 nitrogen and oxygen atoms in total. The van der Waals surface area contributed by atoms with E-state index in [9.17, 15) is 0 Å². The van der Waals surface area contributed by atoms with Crippen molar-refractivity contribution in [1.29, 1.82) is 0 Å². The van der Waals surface area contributed by atoms with Gasteiger partial charge in [-0.3, -0.25) is 0 Å². The molecule has 0 fully saturated rings. The fourth-order valence-corrected chi connectivity index (χ4v) is 13.1. The summed E-state index contributed by atoms with van der Waals surface area (Å²) in [6.45, 7) is 26.2. The van der Waals surface area contributed by atoms with Crippen molar-refractivity contribution < 1.29 is 39.8 Å². The molecule has 0 aromatic rings. The Morgan fingerprint density at radius 1 is 0.514 bits per heavy atom. The molecule has 0 atom stereocenters. The third-order valence-electron chi connectivity index (χ3n) is 4.48. The molecule has 0 radical (unpaired) electrons. The lowest BCUT2D eigenvalue weighted by Gasteiger charge is -2.37. The second-order valence-electron chi connectivity index (χ2n) is 7.00. The molecule has 37 heavy (non-hydrogen) atoms. The number of rotatable bonds is 23. The van der Waals surface area contributed by atoms with Gasteiger partial charge in [0.25, 0.3) is 0 Å². The van der Waals surface area contributed by atoms with Gasteiger partial charge in [-0.1, -0.05) is 6.58 Å². The van der Waals surface area contributed by atoms with Crippen LogP contribution in [-0.4, -0.2) is 103 Å². The van der Waals surface area contributed by atoms with Crippen LogP contribution < -0.4 is 0 Å². The second-order valence-corrected chi connectivity index (χ2v) is 15.8. The van der Waals surface area contributed by atoms with E-state index < -0.39 is 26.4 Å². The first-order valence-electron chi connectivity index (χ1n) is 13.3. The van der Waals surface area contributed by atoms with Crippen molar-refractivity contribution in [3.63, 3.8) is 0 Å². The first kappa shape index (κ1) is 42.1. The van der Waals surface area contributed by atoms with Crippen LogP contribution in [0.1, 0.15) is 68.7 Å². The van der Waals surface area contributed by atoms with Gasteiger partial charge in [-0.05, 0) is 85.5 Å². The van der Waals surface area contributed by atoms with E-state index in [-0.39, 0.29) is 11.0 Å². The van der Waals surface area contributed by atoms with Crippen LogP contribution in [0.2, 0.25) is 6.04 Å². The van der Waals surface area contributed by atoms with Crippen molar-refractivity contribution in [3.8, 4) is 0 Å². The number of hydrogen-bond acceptors (Lipinski definition) is 10. The minimum absolute atomic E-state index is 0. The fourth-order valence-electron chi connectivity index (χ4n) is 3.40. The molecule has 0 spiro atoms. The summed E-state index contributed by atoms with van der Waals surface area (Å²) < 4.78 is 52.5. The second kappa shape index (κ2) is 25.6. The van der Waals surface area contributed by atoms with Gasteiger partial charge in [-0.15, -0.1) is 0 Å². The predicted molar refractivity (Wildman–Crippen MR) is 166 cm³/mol. The molecule has 0 aliphatic carbocycles. The third-order valence-corrected chi connectivity index (χ3v) is 15.3. The van der Waals surface area contributed by atoms with Crippen LogP contribution >= 0.6 is 12.6 Å². The molecule has 0 aromatic carbocycles. The minimum Gasteiger partial charge on any atom is -0.374 e. The average Bonchev–Trinajstić information content (AvgIpc) is 2.84. The Bertz CT molecular complexity index is 457. The molecule has 0 heterocycles. The fraction of sp³-hybridized carbons (Fsp3) is 0.913. The summed E-state index contributed by atoms with van der Waals surface area (Å²) in [6, 6.07) is 0.867. The van der Waals surface area contributed by atoms with E-state index in [0.29, 0.717) is 64.3 Å². The van der Waals surface area contributed by atoms with Gasteiger partial charge in [0.15, 0.2) is 0 Å². The summed E-state index contributed by atoms with van der Waals surface area (Å²) in [6.07, 6.45) is 0.981. The lowest BCUT2D eigenvalue weighted by Crippen LogP contribution is -2.61. The van der Waals surface area contributed by atoms with Crippen LogP contribution in [0.3, 0.4) is 0 Å². The van der Waals surface area contributed by atoms with Gasteiger partial charge in [0, 0.05) is 65.5 Å². The Morgan fingerprint density at radius 3 is 0.946 bits per heavy atom. The van der Waals surface area contributed by atoms with Gasteiger partial charge < -0.3 is 39.8 Å². The van der Waals surface area contributed by atoms with Crippen molar-refractivity contribution in [2.75, 3.05) is 65.2 Å². The summed E-state index contributed by atoms with van der Waals surface area (Å²) in [7, 11) is -8.67. The molecule has 0 N–H and O–H groups in total. The maximum Gasteiger partial charge on any atom is 0.535 e. The first-order chi connectivity index (χ1) is 17.3. The molecule has 0 saturated heterocycles. The zero-order chi connectivity index (χ0) is 27.9. The zero-order valence-electron chi connectivity index (χ0n) is 24.3. The first-order valence-corrected chi connectivity index (χ1v) is 19.3. The lowest BCUT2D eigenvalue weighted by atomic mass is 10.6. The maximum absolute atomic E-state index is 5.91. The highest BCUT2D eigenvalue weighted by molar-refractivity contribution is 7.80. The van der Waals surface area contributed by atoms with E-state index in [1.807, 2.05) is 62.3 Å². The maximum atomic E-state index is 5.91. The van der Waals surface area contributed by atoms with Gasteiger partial charge >= 0.3 is 26.4 Å². The molecular weight excluding hydrogens is 565 g/mol. The summed E-state index contributed by atoms with van der Waals surface area (Å²) in [5, 5.41) is 0. The van der Waals surface area contributed by atoms with E-state index in [4.69, 9.17) is 39.8 Å². The van der Waals surface area contributed by atoms with Gasteiger partial charge in [0.1, 0.15) is 0 Å². The SMILES string of the molecule is C=C([Si](OCC)(OCC)OCC)[Si](OCC)(OCC)OCC.CCO[Si](CCCS)(OCC)OCC.[SiH4]. The summed E-state index contributed by atoms with van der Waals surface area (Å²) in [4.78, 5) is 0.580. The largest absolute Gasteiger partial charge is 0.535 e. The Morgan fingerprint density at radius 2 is 0.757 bits per heavy atom. The van der Waals surface area contributed by atoms with Crippen molar-refractivity contribution in [3.05, 3.63) is 11.4 Å². The number of thiol groups is 1. The van der Waals surface area contributed by atoms with Gasteiger partial charge in [-0.2, -0.15) is 12.6 Å². The van der Waals surface area contributed by atoms with Crippen molar-refractivity contribution in [2.24, 2.45) is 0 Å². The zero-order valence-corrected chi connectivity index (χ0v) is 28.2. The normalized spacial score (nSPS) is 12.1. The molecule has 0 aliphatic heterocycles. The van der Waals surface area contributed by atoms with Crippen LogP contribution in [0.4, 0.5) is 0 Å². The molecule has 0 rings (SSSR count). The molecule has 0 aromatic heterocycles. The molecule has 0 unspecified atom stereocenters. The van der Waals surface area contributed by atoms with Crippen LogP contribution in [0.15, 0.2) is 11.4 Å². The smallest absolute Gasteiger partial charge is 0.374 e. The summed E-state index contributed by atoms with van der Waals surface area (Å²) in [5.41, 5.74) is 0. The van der Waals surface area contributed by atoms with Crippen LogP contribution in [-0.2, 0) is 39.8 Å². The van der Waals surface area contributed by atoms with E-state index in [1.165, 1.54) is 0 Å². The standard InChI is InChI=1S/C14H32O6Si2.C9H22O3SSi.H4Si/c1-8-15-21(16-9-2,17-10-3)14(7)22(18-11-4,19-12-5)20-13-6;1-4-10-14(11-5-2,12-6-3)9-7-8-13;/h7-13H2,1-6H3;13H,4-9H2,1-3H3;1H4. The predicted octanol–water partition coefficient (Wildman–Crippen LogP) is 3.62. The quantitative estimate of drug-likeness (QED) is 0.136. The number of hydrogen-bond donors (Lipinski definition) is 1. The van der Waals surface area contributed by atoms with E-state index in [2.05, 4.69) is 19.2 Å². The topological polar surface area (TPSA) is 83.1 Å². The van der Waals surface area contributed by atoms with E-state index in [1.54, 1.807) is 0 Å². The summed E-state index contributed by atoms with van der Waals surface area (Å²) in [5.74, 6) is 0.849. The molecule has 14 heteroatoms. The Balaban J connectivity index is -0.000000668. The van der Waals surface area contributed by atoms with Gasteiger partial charge in [0.05, 0.1) is 4.82 Å². The minimum atomic E-state index is -3.15. The summed E-state index contributed by atoms with van der Waals surface area (Å²) >= 11 is 4.19. The molecule has 0 amide bonds. The van der Waals surface area contributed by atoms with Crippen molar-refractivity contribution >= 4 is 50.0 Å². The van der Waals surface area contributed by atoms with Gasteiger partial charge in [0.2, 0.25) is 0 Å². The third kappa shape index (κ3) is 15.2. The van der Waals surface area contributed by atoms with Crippen molar-refractivity contribution in [2.45, 2.75) is 74.8 Å². The highest BCUT2D eigenvalue weighted by atomic mass is 32.1. The highest BCUT2D eigenvalue weighted by Gasteiger charge is 2.60. The molecule has 0 aliphatic rings. The van der Waals surface area contributed by atoms with Crippen LogP contribution in [0.5, 0.6) is 0 Å². The Kier molecular flexibility index (Phi) is 29.1. The molecular formula is C23H58O9SSi4. The average molecular weight is 623 g/mol. The van der Waals surface area contributed by atoms with Crippen LogP contribution in [0.25, 0.3) is 0 Å². The lowest BCUT2D eigenvalue weighted by molar-refractivity contribution is 0.0604. The Hall–Kier alpha value is 0.598. The highest BCUT2D eigenvalue weighted by Crippen LogP contribution is 2.30. The van der Waals surface area contributed by atoms with Crippen molar-refractivity contribution in [1.82, 2.24) is 0 Å². The molecule has 226 valence electrons. The molecule has 0 bridgehead atoms. The van der Waals surface area contributed by atoms with E-state index >= 15 is 0 Å². The van der Waals surface area contributed by atoms with Crippen LogP contribution in [0, 0.1) is 0 Å². The Labute approximate surface area is 240 Å². The van der Waals surface area contributed by atoms with E-state index in [0.717, 1.165) is 18.2 Å². The monoisotopic (exact) mass is 622 g/mol.